The number of hydrogen-bond donors (Lipinski definition) is 1. The van der Waals surface area contributed by atoms with E-state index in [1.807, 2.05) is 11.9 Å². The number of nitrogens with zero attached hydrogens (tertiary/aromatic N) is 1. The monoisotopic (exact) mass is 274 g/mol. The Labute approximate surface area is 120 Å². The first-order chi connectivity index (χ1) is 9.72. The predicted molar refractivity (Wildman–Crippen MR) is 79.0 cm³/mol. The van der Waals surface area contributed by atoms with Gasteiger partial charge in [0.1, 0.15) is 0 Å². The van der Waals surface area contributed by atoms with Crippen molar-refractivity contribution >= 4 is 11.6 Å². The zero-order chi connectivity index (χ0) is 14.1. The molecule has 1 N–H and O–H groups in total. The van der Waals surface area contributed by atoms with E-state index in [4.69, 9.17) is 4.74 Å². The Bertz CT molecular complexity index is 515. The van der Waals surface area contributed by atoms with Crippen molar-refractivity contribution < 1.29 is 9.53 Å². The van der Waals surface area contributed by atoms with Crippen molar-refractivity contribution in [1.82, 2.24) is 5.32 Å². The molecule has 0 radical (unpaired) electrons. The van der Waals surface area contributed by atoms with E-state index in [1.54, 1.807) is 0 Å². The molecule has 1 fully saturated rings. The summed E-state index contributed by atoms with van der Waals surface area (Å²) < 4.78 is 5.48. The first-order valence-electron chi connectivity index (χ1n) is 7.37. The Hall–Kier alpha value is -1.39. The molecule has 0 aliphatic carbocycles. The molecule has 0 bridgehead atoms. The lowest BCUT2D eigenvalue weighted by atomic mass is 9.95. The second-order valence-electron chi connectivity index (χ2n) is 5.72. The lowest BCUT2D eigenvalue weighted by Gasteiger charge is -2.33. The fraction of sp³-hybridized carbons (Fsp3) is 0.562. The fourth-order valence-electron chi connectivity index (χ4n) is 3.35. The maximum Gasteiger partial charge on any atom is 0.234 e. The van der Waals surface area contributed by atoms with E-state index >= 15 is 0 Å². The Morgan fingerprint density at radius 3 is 3.05 bits per heavy atom. The van der Waals surface area contributed by atoms with Crippen molar-refractivity contribution in [3.8, 4) is 0 Å². The second-order valence-corrected chi connectivity index (χ2v) is 5.72. The van der Waals surface area contributed by atoms with E-state index < -0.39 is 0 Å². The van der Waals surface area contributed by atoms with Crippen molar-refractivity contribution in [1.29, 1.82) is 0 Å². The summed E-state index contributed by atoms with van der Waals surface area (Å²) in [6.45, 7) is 4.07. The minimum absolute atomic E-state index is 0.0643. The average molecular weight is 274 g/mol. The zero-order valence-corrected chi connectivity index (χ0v) is 12.2. The third kappa shape index (κ3) is 2.23. The van der Waals surface area contributed by atoms with Gasteiger partial charge in [0.05, 0.1) is 19.1 Å². The van der Waals surface area contributed by atoms with Crippen LogP contribution in [-0.4, -0.2) is 38.8 Å². The van der Waals surface area contributed by atoms with Crippen molar-refractivity contribution in [3.05, 3.63) is 29.3 Å². The van der Waals surface area contributed by atoms with Gasteiger partial charge in [0.25, 0.3) is 0 Å². The number of para-hydroxylation sites is 1. The summed E-state index contributed by atoms with van der Waals surface area (Å²) in [5.41, 5.74) is 3.62. The smallest absolute Gasteiger partial charge is 0.234 e. The molecule has 3 rings (SSSR count). The number of fused-ring (bicyclic) bond motifs is 1. The molecular formula is C16H22N2O2. The molecule has 0 aromatic heterocycles. The van der Waals surface area contributed by atoms with Gasteiger partial charge >= 0.3 is 0 Å². The van der Waals surface area contributed by atoms with Crippen LogP contribution in [0.5, 0.6) is 0 Å². The van der Waals surface area contributed by atoms with Crippen molar-refractivity contribution in [3.63, 3.8) is 0 Å². The normalized spacial score (nSPS) is 25.6. The average Bonchev–Trinajstić information content (AvgIpc) is 2.94. The second kappa shape index (κ2) is 5.54. The molecule has 2 unspecified atom stereocenters. The van der Waals surface area contributed by atoms with Crippen LogP contribution in [0.4, 0.5) is 5.69 Å². The lowest BCUT2D eigenvalue weighted by molar-refractivity contribution is -0.122. The number of nitrogens with one attached hydrogen (secondary N) is 1. The molecule has 1 aromatic carbocycles. The highest BCUT2D eigenvalue weighted by Gasteiger charge is 2.37. The van der Waals surface area contributed by atoms with E-state index in [0.29, 0.717) is 13.2 Å². The van der Waals surface area contributed by atoms with Gasteiger partial charge in [0.2, 0.25) is 5.91 Å². The van der Waals surface area contributed by atoms with Crippen LogP contribution in [0, 0.1) is 12.8 Å². The molecule has 2 atom stereocenters. The Morgan fingerprint density at radius 1 is 1.40 bits per heavy atom. The number of benzene rings is 1. The molecule has 0 spiro atoms. The molecule has 1 aromatic rings. The van der Waals surface area contributed by atoms with Crippen LogP contribution < -0.4 is 10.2 Å². The van der Waals surface area contributed by atoms with E-state index in [0.717, 1.165) is 25.1 Å². The van der Waals surface area contributed by atoms with Gasteiger partial charge in [-0.25, -0.2) is 0 Å². The molecular weight excluding hydrogens is 252 g/mol. The minimum atomic E-state index is -0.0643. The van der Waals surface area contributed by atoms with E-state index in [2.05, 4.69) is 30.4 Å². The first-order valence-corrected chi connectivity index (χ1v) is 7.37. The molecule has 2 heterocycles. The van der Waals surface area contributed by atoms with Gasteiger partial charge in [0.15, 0.2) is 0 Å². The standard InChI is InChI=1S/C16H22N2O2/c1-11-5-3-6-12-7-4-8-18(15(11)12)16(19)13-9-20-10-14(13)17-2/h3,5-6,13-14,17H,4,7-10H2,1-2H3. The lowest BCUT2D eigenvalue weighted by Crippen LogP contribution is -2.46. The SMILES string of the molecule is CNC1COCC1C(=O)N1CCCc2cccc(C)c21. The highest BCUT2D eigenvalue weighted by molar-refractivity contribution is 5.97. The van der Waals surface area contributed by atoms with Gasteiger partial charge < -0.3 is 15.0 Å². The third-order valence-electron chi connectivity index (χ3n) is 4.45. The number of hydrogen-bond acceptors (Lipinski definition) is 3. The van der Waals surface area contributed by atoms with Gasteiger partial charge in [-0.15, -0.1) is 0 Å². The Kier molecular flexibility index (Phi) is 3.76. The zero-order valence-electron chi connectivity index (χ0n) is 12.2. The van der Waals surface area contributed by atoms with E-state index in [-0.39, 0.29) is 17.9 Å². The number of ether oxygens (including phenoxy) is 1. The molecule has 4 nitrogen and oxygen atoms in total. The van der Waals surface area contributed by atoms with E-state index in [1.165, 1.54) is 11.1 Å². The minimum Gasteiger partial charge on any atom is -0.379 e. The van der Waals surface area contributed by atoms with Gasteiger partial charge in [-0.05, 0) is 37.9 Å². The molecule has 4 heteroatoms. The summed E-state index contributed by atoms with van der Waals surface area (Å²) in [5, 5.41) is 3.20. The highest BCUT2D eigenvalue weighted by Crippen LogP contribution is 2.32. The Balaban J connectivity index is 1.91. The number of amides is 1. The Morgan fingerprint density at radius 2 is 2.25 bits per heavy atom. The quantitative estimate of drug-likeness (QED) is 0.889. The van der Waals surface area contributed by atoms with Crippen molar-refractivity contribution in [2.45, 2.75) is 25.8 Å². The number of aryl methyl sites for hydroxylation is 2. The number of likely N-dealkylation sites (N-methyl/N-ethyl adjacent to an activating group) is 1. The van der Waals surface area contributed by atoms with Crippen molar-refractivity contribution in [2.75, 3.05) is 31.7 Å². The topological polar surface area (TPSA) is 41.6 Å². The van der Waals surface area contributed by atoms with Gasteiger partial charge in [-0.1, -0.05) is 18.2 Å². The van der Waals surface area contributed by atoms with E-state index in [9.17, 15) is 4.79 Å². The summed E-state index contributed by atoms with van der Waals surface area (Å²) in [4.78, 5) is 14.9. The van der Waals surface area contributed by atoms with Crippen LogP contribution in [0.1, 0.15) is 17.5 Å². The number of carbonyl (C=O) groups is 1. The van der Waals surface area contributed by atoms with Gasteiger partial charge in [0, 0.05) is 18.3 Å². The van der Waals surface area contributed by atoms with Gasteiger partial charge in [-0.3, -0.25) is 4.79 Å². The molecule has 2 aliphatic heterocycles. The van der Waals surface area contributed by atoms with Crippen LogP contribution in [0.2, 0.25) is 0 Å². The largest absolute Gasteiger partial charge is 0.379 e. The molecule has 1 amide bonds. The molecule has 2 aliphatic rings. The first kappa shape index (κ1) is 13.6. The maximum atomic E-state index is 12.9. The van der Waals surface area contributed by atoms with Crippen LogP contribution in [0.25, 0.3) is 0 Å². The molecule has 108 valence electrons. The fourth-order valence-corrected chi connectivity index (χ4v) is 3.35. The van der Waals surface area contributed by atoms with Crippen LogP contribution in [0.15, 0.2) is 18.2 Å². The summed E-state index contributed by atoms with van der Waals surface area (Å²) >= 11 is 0. The highest BCUT2D eigenvalue weighted by atomic mass is 16.5. The molecule has 1 saturated heterocycles. The number of rotatable bonds is 2. The molecule has 20 heavy (non-hydrogen) atoms. The number of carbonyl (C=O) groups excluding carboxylic acids is 1. The molecule has 0 saturated carbocycles. The van der Waals surface area contributed by atoms with Crippen LogP contribution in [0.3, 0.4) is 0 Å². The van der Waals surface area contributed by atoms with Crippen LogP contribution in [-0.2, 0) is 16.0 Å². The predicted octanol–water partition coefficient (Wildman–Crippen LogP) is 1.51. The third-order valence-corrected chi connectivity index (χ3v) is 4.45. The number of anilines is 1. The van der Waals surface area contributed by atoms with Gasteiger partial charge in [-0.2, -0.15) is 0 Å². The maximum absolute atomic E-state index is 12.9. The summed E-state index contributed by atoms with van der Waals surface area (Å²) in [6, 6.07) is 6.45. The van der Waals surface area contributed by atoms with Crippen molar-refractivity contribution in [2.24, 2.45) is 5.92 Å². The summed E-state index contributed by atoms with van der Waals surface area (Å²) in [5.74, 6) is 0.141. The summed E-state index contributed by atoms with van der Waals surface area (Å²) in [7, 11) is 1.90. The van der Waals surface area contributed by atoms with Crippen LogP contribution >= 0.6 is 0 Å². The summed E-state index contributed by atoms with van der Waals surface area (Å²) in [6.07, 6.45) is 2.11.